The number of methoxy groups -OCH3 is 1. The number of anilines is 1. The Balaban J connectivity index is 1.23. The van der Waals surface area contributed by atoms with Crippen molar-refractivity contribution in [3.63, 3.8) is 0 Å². The first-order chi connectivity index (χ1) is 20.3. The van der Waals surface area contributed by atoms with E-state index in [1.54, 1.807) is 26.3 Å². The Hall–Kier alpha value is -4.22. The van der Waals surface area contributed by atoms with E-state index in [1.807, 2.05) is 18.2 Å². The van der Waals surface area contributed by atoms with Crippen LogP contribution in [0.3, 0.4) is 0 Å². The summed E-state index contributed by atoms with van der Waals surface area (Å²) in [5.41, 5.74) is 2.07. The molecule has 2 aromatic carbocycles. The van der Waals surface area contributed by atoms with E-state index in [4.69, 9.17) is 9.72 Å². The van der Waals surface area contributed by atoms with Crippen molar-refractivity contribution in [1.29, 1.82) is 0 Å². The third-order valence-electron chi connectivity index (χ3n) is 7.67. The van der Waals surface area contributed by atoms with Gasteiger partial charge in [0.2, 0.25) is 0 Å². The second-order valence-corrected chi connectivity index (χ2v) is 10.5. The van der Waals surface area contributed by atoms with Gasteiger partial charge >= 0.3 is 0 Å². The van der Waals surface area contributed by atoms with E-state index < -0.39 is 29.1 Å². The van der Waals surface area contributed by atoms with Crippen molar-refractivity contribution in [1.82, 2.24) is 24.8 Å². The van der Waals surface area contributed by atoms with Gasteiger partial charge in [0.15, 0.2) is 11.6 Å². The molecule has 0 unspecified atom stereocenters. The molecular formula is C31H34F2N6O3. The zero-order chi connectivity index (χ0) is 29.6. The summed E-state index contributed by atoms with van der Waals surface area (Å²) in [5.74, 6) is -1.79. The Kier molecular flexibility index (Phi) is 9.19. The molecule has 9 nitrogen and oxygen atoms in total. The number of amides is 1. The van der Waals surface area contributed by atoms with Gasteiger partial charge in [0.05, 0.1) is 29.9 Å². The first-order valence-electron chi connectivity index (χ1n) is 14.0. The predicted molar refractivity (Wildman–Crippen MR) is 157 cm³/mol. The number of hydrogen-bond acceptors (Lipinski definition) is 7. The predicted octanol–water partition coefficient (Wildman–Crippen LogP) is 4.13. The summed E-state index contributed by atoms with van der Waals surface area (Å²) in [6, 6.07) is 11.8. The number of hydrogen-bond donors (Lipinski definition) is 2. The van der Waals surface area contributed by atoms with E-state index in [2.05, 4.69) is 20.5 Å². The average molecular weight is 577 g/mol. The molecule has 1 aliphatic heterocycles. The van der Waals surface area contributed by atoms with Gasteiger partial charge in [-0.2, -0.15) is 0 Å². The molecular weight excluding hydrogens is 542 g/mol. The molecule has 0 aliphatic carbocycles. The molecule has 1 saturated heterocycles. The number of fused-ring (bicyclic) bond motifs is 1. The van der Waals surface area contributed by atoms with Crippen LogP contribution in [0.5, 0.6) is 0 Å². The summed E-state index contributed by atoms with van der Waals surface area (Å²) < 4.78 is 33.6. The van der Waals surface area contributed by atoms with E-state index in [-0.39, 0.29) is 12.1 Å². The largest absolute Gasteiger partial charge is 0.383 e. The normalized spacial score (nSPS) is 15.0. The molecule has 220 valence electrons. The fraction of sp³-hybridized carbons (Fsp3) is 0.355. The van der Waals surface area contributed by atoms with Gasteiger partial charge < -0.3 is 24.8 Å². The van der Waals surface area contributed by atoms with Gasteiger partial charge in [0, 0.05) is 45.5 Å². The average Bonchev–Trinajstić information content (AvgIpc) is 3.00. The molecule has 5 rings (SSSR count). The molecule has 1 aliphatic rings. The van der Waals surface area contributed by atoms with Crippen molar-refractivity contribution in [2.24, 2.45) is 0 Å². The lowest BCUT2D eigenvalue weighted by molar-refractivity contribution is 0.0948. The van der Waals surface area contributed by atoms with E-state index in [0.717, 1.165) is 62.3 Å². The van der Waals surface area contributed by atoms with Crippen LogP contribution in [0, 0.1) is 11.6 Å². The molecule has 0 bridgehead atoms. The lowest BCUT2D eigenvalue weighted by Gasteiger charge is -2.32. The van der Waals surface area contributed by atoms with Crippen LogP contribution in [-0.2, 0) is 11.3 Å². The van der Waals surface area contributed by atoms with E-state index in [0.29, 0.717) is 22.9 Å². The molecule has 0 radical (unpaired) electrons. The summed E-state index contributed by atoms with van der Waals surface area (Å²) in [4.78, 5) is 37.8. The highest BCUT2D eigenvalue weighted by atomic mass is 19.2. The highest BCUT2D eigenvalue weighted by molar-refractivity contribution is 5.93. The molecule has 1 atom stereocenters. The number of likely N-dealkylation sites (tertiary alicyclic amines) is 1. The van der Waals surface area contributed by atoms with E-state index in [9.17, 15) is 18.4 Å². The van der Waals surface area contributed by atoms with Crippen LogP contribution in [0.25, 0.3) is 11.0 Å². The second kappa shape index (κ2) is 13.2. The van der Waals surface area contributed by atoms with Crippen LogP contribution in [0.1, 0.15) is 47.3 Å². The number of aromatic nitrogens is 3. The van der Waals surface area contributed by atoms with Crippen LogP contribution < -0.4 is 16.2 Å². The van der Waals surface area contributed by atoms with Crippen molar-refractivity contribution < 1.29 is 18.3 Å². The van der Waals surface area contributed by atoms with Crippen molar-refractivity contribution in [3.05, 3.63) is 99.6 Å². The maximum Gasteiger partial charge on any atom is 0.263 e. The minimum Gasteiger partial charge on any atom is -0.383 e. The van der Waals surface area contributed by atoms with Crippen molar-refractivity contribution in [2.75, 3.05) is 38.7 Å². The molecule has 3 heterocycles. The number of piperidine rings is 1. The molecule has 0 saturated carbocycles. The second-order valence-electron chi connectivity index (χ2n) is 10.5. The minimum absolute atomic E-state index is 0.0488. The first-order valence-corrected chi connectivity index (χ1v) is 14.0. The van der Waals surface area contributed by atoms with Gasteiger partial charge in [0.1, 0.15) is 11.4 Å². The molecule has 11 heteroatoms. The number of carbonyl (C=O) groups excluding carboxylic acids is 1. The SMILES string of the molecule is COCCN1CCC(Nc2cnc3ccc(CNC(=O)c4cccn([C@@H](C)c5ccc(F)c(F)c5)c4=O)cc3n2)CC1. The van der Waals surface area contributed by atoms with Crippen LogP contribution in [0.15, 0.2) is 65.7 Å². The number of halogens is 2. The number of benzene rings is 2. The molecule has 42 heavy (non-hydrogen) atoms. The van der Waals surface area contributed by atoms with E-state index >= 15 is 0 Å². The number of ether oxygens (including phenoxy) is 1. The number of nitrogens with one attached hydrogen (secondary N) is 2. The highest BCUT2D eigenvalue weighted by Crippen LogP contribution is 2.20. The van der Waals surface area contributed by atoms with Crippen molar-refractivity contribution in [3.8, 4) is 0 Å². The Morgan fingerprint density at radius 1 is 1.10 bits per heavy atom. The van der Waals surface area contributed by atoms with Gasteiger partial charge in [-0.1, -0.05) is 12.1 Å². The fourth-order valence-electron chi connectivity index (χ4n) is 5.17. The zero-order valence-corrected chi connectivity index (χ0v) is 23.6. The first kappa shape index (κ1) is 29.3. The Labute approximate surface area is 242 Å². The maximum atomic E-state index is 13.8. The summed E-state index contributed by atoms with van der Waals surface area (Å²) in [6.45, 7) is 5.54. The number of nitrogens with zero attached hydrogens (tertiary/aromatic N) is 4. The Morgan fingerprint density at radius 3 is 2.67 bits per heavy atom. The lowest BCUT2D eigenvalue weighted by Crippen LogP contribution is -2.40. The van der Waals surface area contributed by atoms with Gasteiger partial charge in [-0.05, 0) is 67.3 Å². The molecule has 4 aromatic rings. The number of rotatable bonds is 10. The molecule has 0 spiro atoms. The standard InChI is InChI=1S/C31H34F2N6O3/c1-20(22-6-7-25(32)26(33)17-22)39-11-3-4-24(31(39)41)30(40)35-18-21-5-8-27-28(16-21)37-29(19-34-27)36-23-9-12-38(13-10-23)14-15-42-2/h3-8,11,16-17,19-20,23H,9-10,12-15,18H2,1-2H3,(H,35,40)(H,36,37)/t20-/m0/s1. The summed E-state index contributed by atoms with van der Waals surface area (Å²) >= 11 is 0. The van der Waals surface area contributed by atoms with Crippen LogP contribution in [0.4, 0.5) is 14.6 Å². The zero-order valence-electron chi connectivity index (χ0n) is 23.6. The maximum absolute atomic E-state index is 13.8. The van der Waals surface area contributed by atoms with Crippen LogP contribution >= 0.6 is 0 Å². The Bertz CT molecular complexity index is 1620. The molecule has 2 aromatic heterocycles. The highest BCUT2D eigenvalue weighted by Gasteiger charge is 2.20. The summed E-state index contributed by atoms with van der Waals surface area (Å²) in [7, 11) is 1.72. The third kappa shape index (κ3) is 6.80. The van der Waals surface area contributed by atoms with E-state index in [1.165, 1.54) is 22.9 Å². The fourth-order valence-corrected chi connectivity index (χ4v) is 5.17. The van der Waals surface area contributed by atoms with Crippen LogP contribution in [-0.4, -0.2) is 64.7 Å². The van der Waals surface area contributed by atoms with Gasteiger partial charge in [-0.15, -0.1) is 0 Å². The summed E-state index contributed by atoms with van der Waals surface area (Å²) in [6.07, 6.45) is 5.28. The number of pyridine rings is 1. The number of carbonyl (C=O) groups is 1. The third-order valence-corrected chi connectivity index (χ3v) is 7.67. The molecule has 1 fully saturated rings. The Morgan fingerprint density at radius 2 is 1.90 bits per heavy atom. The molecule has 2 N–H and O–H groups in total. The van der Waals surface area contributed by atoms with Gasteiger partial charge in [0.25, 0.3) is 11.5 Å². The quantitative estimate of drug-likeness (QED) is 0.293. The smallest absolute Gasteiger partial charge is 0.263 e. The van der Waals surface area contributed by atoms with Crippen molar-refractivity contribution >= 4 is 22.8 Å². The minimum atomic E-state index is -0.997. The molecule has 1 amide bonds. The monoisotopic (exact) mass is 576 g/mol. The summed E-state index contributed by atoms with van der Waals surface area (Å²) in [5, 5.41) is 6.30. The van der Waals surface area contributed by atoms with Crippen molar-refractivity contribution in [2.45, 2.75) is 38.4 Å². The van der Waals surface area contributed by atoms with Crippen LogP contribution in [0.2, 0.25) is 0 Å². The topological polar surface area (TPSA) is 101 Å². The van der Waals surface area contributed by atoms with Gasteiger partial charge in [-0.25, -0.2) is 13.8 Å². The lowest BCUT2D eigenvalue weighted by atomic mass is 10.1. The van der Waals surface area contributed by atoms with Gasteiger partial charge in [-0.3, -0.25) is 14.6 Å².